The predicted molar refractivity (Wildman–Crippen MR) is 98.2 cm³/mol. The van der Waals surface area contributed by atoms with Crippen molar-refractivity contribution >= 4 is 17.3 Å². The van der Waals surface area contributed by atoms with Crippen LogP contribution in [0, 0.1) is 13.8 Å². The van der Waals surface area contributed by atoms with E-state index in [2.05, 4.69) is 50.5 Å². The van der Waals surface area contributed by atoms with Crippen LogP contribution in [0.3, 0.4) is 0 Å². The smallest absolute Gasteiger partial charge is 0.226 e. The molecule has 2 aromatic carbocycles. The Kier molecular flexibility index (Phi) is 5.80. The predicted octanol–water partition coefficient (Wildman–Crippen LogP) is 4.87. The fourth-order valence-electron chi connectivity index (χ4n) is 2.58. The Morgan fingerprint density at radius 3 is 2.43 bits per heavy atom. The second-order valence-electron chi connectivity index (χ2n) is 6.21. The Labute approximate surface area is 139 Å². The van der Waals surface area contributed by atoms with Crippen LogP contribution in [0.4, 0.5) is 11.4 Å². The summed E-state index contributed by atoms with van der Waals surface area (Å²) in [6.07, 6.45) is 0.444. The van der Waals surface area contributed by atoms with Gasteiger partial charge in [0.2, 0.25) is 5.91 Å². The third-order valence-corrected chi connectivity index (χ3v) is 4.13. The molecule has 0 saturated carbocycles. The van der Waals surface area contributed by atoms with Gasteiger partial charge >= 0.3 is 0 Å². The molecule has 0 fully saturated rings. The number of aryl methyl sites for hydroxylation is 1. The highest BCUT2D eigenvalue weighted by Gasteiger charge is 2.09. The van der Waals surface area contributed by atoms with Crippen LogP contribution in [0.15, 0.2) is 42.5 Å². The number of hydrogen-bond donors (Lipinski definition) is 2. The van der Waals surface area contributed by atoms with Gasteiger partial charge in [0, 0.05) is 24.3 Å². The monoisotopic (exact) mass is 310 g/mol. The minimum atomic E-state index is 0.0379. The third kappa shape index (κ3) is 4.59. The maximum Gasteiger partial charge on any atom is 0.226 e. The summed E-state index contributed by atoms with van der Waals surface area (Å²) >= 11 is 0. The zero-order valence-corrected chi connectivity index (χ0v) is 14.4. The summed E-state index contributed by atoms with van der Waals surface area (Å²) in [5.74, 6) is 0.426. The highest BCUT2D eigenvalue weighted by Crippen LogP contribution is 2.23. The highest BCUT2D eigenvalue weighted by molar-refractivity contribution is 5.91. The SMILES string of the molecule is Cc1cccc(NCCC(=O)Nc2ccccc2C(C)C)c1C. The minimum Gasteiger partial charge on any atom is -0.384 e. The molecule has 122 valence electrons. The lowest BCUT2D eigenvalue weighted by atomic mass is 10.0. The van der Waals surface area contributed by atoms with Crippen LogP contribution in [0.2, 0.25) is 0 Å². The van der Waals surface area contributed by atoms with Crippen LogP contribution in [-0.2, 0) is 4.79 Å². The average molecular weight is 310 g/mol. The van der Waals surface area contributed by atoms with Gasteiger partial charge in [0.25, 0.3) is 0 Å². The Balaban J connectivity index is 1.90. The Bertz CT molecular complexity index is 677. The lowest BCUT2D eigenvalue weighted by Gasteiger charge is -2.14. The van der Waals surface area contributed by atoms with Crippen molar-refractivity contribution in [2.75, 3.05) is 17.2 Å². The molecule has 0 bridgehead atoms. The van der Waals surface area contributed by atoms with Crippen molar-refractivity contribution in [3.63, 3.8) is 0 Å². The van der Waals surface area contributed by atoms with Gasteiger partial charge in [0.05, 0.1) is 0 Å². The van der Waals surface area contributed by atoms with Gasteiger partial charge in [0.1, 0.15) is 0 Å². The molecule has 2 N–H and O–H groups in total. The summed E-state index contributed by atoms with van der Waals surface area (Å²) in [5.41, 5.74) is 5.67. The van der Waals surface area contributed by atoms with Gasteiger partial charge < -0.3 is 10.6 Å². The van der Waals surface area contributed by atoms with Crippen LogP contribution in [0.5, 0.6) is 0 Å². The van der Waals surface area contributed by atoms with Crippen LogP contribution in [0.25, 0.3) is 0 Å². The minimum absolute atomic E-state index is 0.0379. The van der Waals surface area contributed by atoms with E-state index in [0.717, 1.165) is 11.4 Å². The molecule has 2 aromatic rings. The summed E-state index contributed by atoms with van der Waals surface area (Å²) in [5, 5.41) is 6.37. The van der Waals surface area contributed by atoms with Crippen molar-refractivity contribution in [1.82, 2.24) is 0 Å². The Morgan fingerprint density at radius 2 is 1.70 bits per heavy atom. The van der Waals surface area contributed by atoms with E-state index in [4.69, 9.17) is 0 Å². The van der Waals surface area contributed by atoms with Crippen molar-refractivity contribution in [3.05, 3.63) is 59.2 Å². The standard InChI is InChI=1S/C20H26N2O/c1-14(2)17-9-5-6-10-19(17)22-20(23)12-13-21-18-11-7-8-15(3)16(18)4/h5-11,14,21H,12-13H2,1-4H3,(H,22,23). The van der Waals surface area contributed by atoms with Crippen molar-refractivity contribution in [2.24, 2.45) is 0 Å². The first-order chi connectivity index (χ1) is 11.0. The molecule has 0 aliphatic carbocycles. The molecule has 0 saturated heterocycles. The fourth-order valence-corrected chi connectivity index (χ4v) is 2.58. The molecule has 1 amide bonds. The maximum atomic E-state index is 12.2. The molecule has 3 heteroatoms. The second kappa shape index (κ2) is 7.82. The maximum absolute atomic E-state index is 12.2. The number of hydrogen-bond acceptors (Lipinski definition) is 2. The van der Waals surface area contributed by atoms with E-state index < -0.39 is 0 Å². The molecule has 2 rings (SSSR count). The van der Waals surface area contributed by atoms with E-state index in [0.29, 0.717) is 18.9 Å². The van der Waals surface area contributed by atoms with Gasteiger partial charge in [-0.05, 0) is 48.6 Å². The number of nitrogens with one attached hydrogen (secondary N) is 2. The van der Waals surface area contributed by atoms with Gasteiger partial charge in [-0.2, -0.15) is 0 Å². The zero-order chi connectivity index (χ0) is 16.8. The molecule has 0 unspecified atom stereocenters. The first-order valence-electron chi connectivity index (χ1n) is 8.18. The molecule has 0 aliphatic heterocycles. The first kappa shape index (κ1) is 17.1. The summed E-state index contributed by atoms with van der Waals surface area (Å²) in [4.78, 5) is 12.2. The van der Waals surface area contributed by atoms with E-state index in [1.165, 1.54) is 16.7 Å². The van der Waals surface area contributed by atoms with Gasteiger partial charge in [-0.1, -0.05) is 44.2 Å². The summed E-state index contributed by atoms with van der Waals surface area (Å²) in [6.45, 7) is 9.08. The molecule has 0 atom stereocenters. The second-order valence-corrected chi connectivity index (χ2v) is 6.21. The number of amides is 1. The molecular formula is C20H26N2O. The van der Waals surface area contributed by atoms with E-state index in [1.54, 1.807) is 0 Å². The van der Waals surface area contributed by atoms with E-state index in [1.807, 2.05) is 30.3 Å². The quantitative estimate of drug-likeness (QED) is 0.799. The van der Waals surface area contributed by atoms with Crippen LogP contribution < -0.4 is 10.6 Å². The molecule has 3 nitrogen and oxygen atoms in total. The lowest BCUT2D eigenvalue weighted by Crippen LogP contribution is -2.17. The van der Waals surface area contributed by atoms with Gasteiger partial charge in [-0.15, -0.1) is 0 Å². The van der Waals surface area contributed by atoms with Crippen molar-refractivity contribution < 1.29 is 4.79 Å². The lowest BCUT2D eigenvalue weighted by molar-refractivity contribution is -0.115. The van der Waals surface area contributed by atoms with Gasteiger partial charge in [-0.25, -0.2) is 0 Å². The normalized spacial score (nSPS) is 10.7. The van der Waals surface area contributed by atoms with Crippen molar-refractivity contribution in [2.45, 2.75) is 40.0 Å². The fraction of sp³-hybridized carbons (Fsp3) is 0.350. The Hall–Kier alpha value is -2.29. The number of benzene rings is 2. The van der Waals surface area contributed by atoms with Crippen LogP contribution >= 0.6 is 0 Å². The number of carbonyl (C=O) groups excluding carboxylic acids is 1. The molecule has 0 spiro atoms. The van der Waals surface area contributed by atoms with Gasteiger partial charge in [-0.3, -0.25) is 4.79 Å². The number of para-hydroxylation sites is 1. The topological polar surface area (TPSA) is 41.1 Å². The largest absolute Gasteiger partial charge is 0.384 e. The first-order valence-corrected chi connectivity index (χ1v) is 8.18. The van der Waals surface area contributed by atoms with Crippen LogP contribution in [0.1, 0.15) is 42.9 Å². The number of rotatable bonds is 6. The third-order valence-electron chi connectivity index (χ3n) is 4.13. The average Bonchev–Trinajstić information content (AvgIpc) is 2.52. The molecule has 0 heterocycles. The molecule has 0 aromatic heterocycles. The van der Waals surface area contributed by atoms with Gasteiger partial charge in [0.15, 0.2) is 0 Å². The summed E-state index contributed by atoms with van der Waals surface area (Å²) < 4.78 is 0. The van der Waals surface area contributed by atoms with Crippen LogP contribution in [-0.4, -0.2) is 12.5 Å². The molecular weight excluding hydrogens is 284 g/mol. The molecule has 0 aliphatic rings. The summed E-state index contributed by atoms with van der Waals surface area (Å²) in [7, 11) is 0. The highest BCUT2D eigenvalue weighted by atomic mass is 16.1. The number of carbonyl (C=O) groups is 1. The zero-order valence-electron chi connectivity index (χ0n) is 14.4. The van der Waals surface area contributed by atoms with E-state index >= 15 is 0 Å². The Morgan fingerprint density at radius 1 is 1.00 bits per heavy atom. The number of anilines is 2. The van der Waals surface area contributed by atoms with Crippen molar-refractivity contribution in [1.29, 1.82) is 0 Å². The van der Waals surface area contributed by atoms with E-state index in [-0.39, 0.29) is 5.91 Å². The molecule has 0 radical (unpaired) electrons. The van der Waals surface area contributed by atoms with Crippen molar-refractivity contribution in [3.8, 4) is 0 Å². The molecule has 23 heavy (non-hydrogen) atoms. The summed E-state index contributed by atoms with van der Waals surface area (Å²) in [6, 6.07) is 14.2. The van der Waals surface area contributed by atoms with E-state index in [9.17, 15) is 4.79 Å².